The molecule has 1 aliphatic carbocycles. The highest BCUT2D eigenvalue weighted by atomic mass is 16.5. The summed E-state index contributed by atoms with van der Waals surface area (Å²) in [5.41, 5.74) is 4.48. The second-order valence-electron chi connectivity index (χ2n) is 7.52. The first-order valence-electron chi connectivity index (χ1n) is 8.81. The molecule has 0 radical (unpaired) electrons. The van der Waals surface area contributed by atoms with Crippen LogP contribution in [0, 0.1) is 11.8 Å². The summed E-state index contributed by atoms with van der Waals surface area (Å²) in [6.07, 6.45) is 10.2. The van der Waals surface area contributed by atoms with Crippen molar-refractivity contribution in [1.29, 1.82) is 0 Å². The number of hydrogen-bond acceptors (Lipinski definition) is 1. The summed E-state index contributed by atoms with van der Waals surface area (Å²) >= 11 is 0. The molecule has 0 bridgehead atoms. The number of allylic oxidation sites excluding steroid dienone is 3. The van der Waals surface area contributed by atoms with Crippen molar-refractivity contribution >= 4 is 0 Å². The molecule has 0 saturated heterocycles. The molecule has 1 fully saturated rings. The molecule has 0 spiro atoms. The van der Waals surface area contributed by atoms with Crippen molar-refractivity contribution in [3.8, 4) is 0 Å². The Morgan fingerprint density at radius 2 is 1.95 bits per heavy atom. The molecule has 0 amide bonds. The minimum Gasteiger partial charge on any atom is -0.374 e. The average molecular weight is 293 g/mol. The van der Waals surface area contributed by atoms with E-state index in [0.717, 1.165) is 18.4 Å². The molecule has 2 unspecified atom stereocenters. The van der Waals surface area contributed by atoms with Crippen LogP contribution >= 0.6 is 0 Å². The van der Waals surface area contributed by atoms with Crippen LogP contribution in [0.5, 0.6) is 0 Å². The maximum atomic E-state index is 6.25. The molecule has 0 heterocycles. The molecular weight excluding hydrogens is 256 g/mol. The van der Waals surface area contributed by atoms with Gasteiger partial charge in [-0.15, -0.1) is 0 Å². The summed E-state index contributed by atoms with van der Waals surface area (Å²) in [5, 5.41) is 0. The van der Waals surface area contributed by atoms with Crippen LogP contribution in [0.2, 0.25) is 0 Å². The van der Waals surface area contributed by atoms with Crippen molar-refractivity contribution in [2.45, 2.75) is 86.2 Å². The smallest absolute Gasteiger partial charge is 0.0789 e. The van der Waals surface area contributed by atoms with E-state index < -0.39 is 0 Å². The zero-order valence-electron chi connectivity index (χ0n) is 15.2. The van der Waals surface area contributed by atoms with Gasteiger partial charge in [0, 0.05) is 6.61 Å². The van der Waals surface area contributed by atoms with Crippen LogP contribution in [-0.4, -0.2) is 12.7 Å². The molecule has 0 aliphatic heterocycles. The predicted octanol–water partition coefficient (Wildman–Crippen LogP) is 6.30. The fourth-order valence-electron chi connectivity index (χ4n) is 3.14. The molecule has 3 atom stereocenters. The Bertz CT molecular complexity index is 356. The Hall–Kier alpha value is -0.560. The molecule has 0 N–H and O–H groups in total. The van der Waals surface area contributed by atoms with Gasteiger partial charge in [-0.1, -0.05) is 31.1 Å². The van der Waals surface area contributed by atoms with Crippen molar-refractivity contribution in [3.05, 3.63) is 22.8 Å². The van der Waals surface area contributed by atoms with Gasteiger partial charge in [-0.25, -0.2) is 0 Å². The summed E-state index contributed by atoms with van der Waals surface area (Å²) in [5.74, 6) is 1.57. The second-order valence-corrected chi connectivity index (χ2v) is 7.52. The van der Waals surface area contributed by atoms with Crippen molar-refractivity contribution in [1.82, 2.24) is 0 Å². The molecule has 21 heavy (non-hydrogen) atoms. The van der Waals surface area contributed by atoms with Crippen LogP contribution in [-0.2, 0) is 4.74 Å². The molecule has 1 nitrogen and oxygen atoms in total. The lowest BCUT2D eigenvalue weighted by Gasteiger charge is -2.31. The highest BCUT2D eigenvalue weighted by molar-refractivity contribution is 5.17. The molecule has 1 heteroatoms. The van der Waals surface area contributed by atoms with Gasteiger partial charge in [0.1, 0.15) is 0 Å². The Balaban J connectivity index is 2.32. The largest absolute Gasteiger partial charge is 0.374 e. The van der Waals surface area contributed by atoms with E-state index >= 15 is 0 Å². The predicted molar refractivity (Wildman–Crippen MR) is 93.6 cm³/mol. The fraction of sp³-hybridized carbons (Fsp3) is 0.800. The van der Waals surface area contributed by atoms with Crippen LogP contribution in [0.15, 0.2) is 22.8 Å². The zero-order chi connectivity index (χ0) is 15.8. The van der Waals surface area contributed by atoms with Crippen LogP contribution < -0.4 is 0 Å². The third-order valence-electron chi connectivity index (χ3n) is 4.70. The quantitative estimate of drug-likeness (QED) is 0.500. The van der Waals surface area contributed by atoms with Gasteiger partial charge in [-0.05, 0) is 83.6 Å². The highest BCUT2D eigenvalue weighted by Crippen LogP contribution is 2.32. The molecule has 1 saturated carbocycles. The van der Waals surface area contributed by atoms with Gasteiger partial charge in [0.25, 0.3) is 0 Å². The number of ether oxygens (including phenoxy) is 1. The Morgan fingerprint density at radius 1 is 1.24 bits per heavy atom. The van der Waals surface area contributed by atoms with E-state index in [-0.39, 0.29) is 0 Å². The van der Waals surface area contributed by atoms with Gasteiger partial charge in [-0.2, -0.15) is 0 Å². The van der Waals surface area contributed by atoms with E-state index in [4.69, 9.17) is 4.74 Å². The van der Waals surface area contributed by atoms with Gasteiger partial charge in [-0.3, -0.25) is 0 Å². The first-order chi connectivity index (χ1) is 9.90. The van der Waals surface area contributed by atoms with Gasteiger partial charge in [0.15, 0.2) is 0 Å². The van der Waals surface area contributed by atoms with Crippen LogP contribution in [0.1, 0.15) is 80.1 Å². The van der Waals surface area contributed by atoms with Crippen molar-refractivity contribution < 1.29 is 4.74 Å². The highest BCUT2D eigenvalue weighted by Gasteiger charge is 2.24. The molecule has 0 aromatic carbocycles. The first kappa shape index (κ1) is 18.5. The lowest BCUT2D eigenvalue weighted by atomic mass is 9.83. The van der Waals surface area contributed by atoms with Gasteiger partial charge < -0.3 is 4.74 Å². The van der Waals surface area contributed by atoms with E-state index in [9.17, 15) is 0 Å². The normalized spacial score (nSPS) is 23.8. The van der Waals surface area contributed by atoms with E-state index in [1.54, 1.807) is 5.57 Å². The first-order valence-corrected chi connectivity index (χ1v) is 8.81. The van der Waals surface area contributed by atoms with Crippen molar-refractivity contribution in [3.63, 3.8) is 0 Å². The number of rotatable bonds is 7. The molecule has 1 rings (SSSR count). The van der Waals surface area contributed by atoms with Gasteiger partial charge in [0.05, 0.1) is 6.10 Å². The monoisotopic (exact) mass is 292 g/mol. The Labute approximate surface area is 132 Å². The third-order valence-corrected chi connectivity index (χ3v) is 4.70. The summed E-state index contributed by atoms with van der Waals surface area (Å²) < 4.78 is 6.25. The maximum Gasteiger partial charge on any atom is 0.0789 e. The summed E-state index contributed by atoms with van der Waals surface area (Å²) in [6.45, 7) is 14.5. The minimum absolute atomic E-state index is 0.392. The Kier molecular flexibility index (Phi) is 8.33. The number of hydrogen-bond donors (Lipinski definition) is 0. The van der Waals surface area contributed by atoms with Crippen LogP contribution in [0.4, 0.5) is 0 Å². The molecule has 1 aliphatic rings. The van der Waals surface area contributed by atoms with Crippen molar-refractivity contribution in [2.75, 3.05) is 6.61 Å². The summed E-state index contributed by atoms with van der Waals surface area (Å²) in [4.78, 5) is 0. The van der Waals surface area contributed by atoms with E-state index in [0.29, 0.717) is 6.10 Å². The standard InChI is InChI=1S/C20H36O/c1-15(2)8-7-9-17(5)12-13-21-20-14-18(6)10-11-19(20)16(3)4/h8,17-18,20H,7,9-14H2,1-6H3/t17?,18-,20?/m1/s1. The second kappa shape index (κ2) is 9.46. The van der Waals surface area contributed by atoms with Gasteiger partial charge in [0.2, 0.25) is 0 Å². The molecule has 122 valence electrons. The fourth-order valence-corrected chi connectivity index (χ4v) is 3.14. The zero-order valence-corrected chi connectivity index (χ0v) is 15.2. The van der Waals surface area contributed by atoms with Crippen LogP contribution in [0.25, 0.3) is 0 Å². The topological polar surface area (TPSA) is 9.23 Å². The average Bonchev–Trinajstić information content (AvgIpc) is 2.38. The van der Waals surface area contributed by atoms with E-state index in [1.807, 2.05) is 0 Å². The SMILES string of the molecule is CC(C)=CCCC(C)CCOC1C[C@H](C)CCC1=C(C)C. The maximum absolute atomic E-state index is 6.25. The lowest BCUT2D eigenvalue weighted by Crippen LogP contribution is -2.26. The minimum atomic E-state index is 0.392. The third kappa shape index (κ3) is 7.31. The molecule has 0 aromatic heterocycles. The summed E-state index contributed by atoms with van der Waals surface area (Å²) in [7, 11) is 0. The van der Waals surface area contributed by atoms with Crippen LogP contribution in [0.3, 0.4) is 0 Å². The van der Waals surface area contributed by atoms with Gasteiger partial charge >= 0.3 is 0 Å². The van der Waals surface area contributed by atoms with Crippen molar-refractivity contribution in [2.24, 2.45) is 11.8 Å². The van der Waals surface area contributed by atoms with E-state index in [2.05, 4.69) is 47.6 Å². The molecule has 0 aromatic rings. The molecular formula is C20H36O. The Morgan fingerprint density at radius 3 is 2.57 bits per heavy atom. The van der Waals surface area contributed by atoms with E-state index in [1.165, 1.54) is 49.7 Å². The lowest BCUT2D eigenvalue weighted by molar-refractivity contribution is 0.0403. The summed E-state index contributed by atoms with van der Waals surface area (Å²) in [6, 6.07) is 0.